The van der Waals surface area contributed by atoms with Crippen molar-refractivity contribution in [2.75, 3.05) is 0 Å². The Morgan fingerprint density at radius 2 is 2.18 bits per heavy atom. The fourth-order valence-electron chi connectivity index (χ4n) is 2.06. The molecule has 1 saturated carbocycles. The summed E-state index contributed by atoms with van der Waals surface area (Å²) in [7, 11) is 0. The van der Waals surface area contributed by atoms with Crippen LogP contribution in [-0.2, 0) is 11.3 Å². The van der Waals surface area contributed by atoms with E-state index >= 15 is 0 Å². The number of halogens is 1. The third-order valence-corrected chi connectivity index (χ3v) is 3.54. The van der Waals surface area contributed by atoms with Gasteiger partial charge < -0.3 is 5.32 Å². The quantitative estimate of drug-likeness (QED) is 0.837. The molecular weight excluding hydrogens is 238 g/mol. The van der Waals surface area contributed by atoms with Crippen LogP contribution in [0.4, 0.5) is 0 Å². The number of carbonyl (C=O) groups is 1. The highest BCUT2D eigenvalue weighted by Gasteiger charge is 2.24. The summed E-state index contributed by atoms with van der Waals surface area (Å²) < 4.78 is 0. The SMILES string of the molecule is O=C(NCc1cccnn1)C1CCC(Cl)CC1. The van der Waals surface area contributed by atoms with Gasteiger partial charge in [0, 0.05) is 17.5 Å². The van der Waals surface area contributed by atoms with Gasteiger partial charge in [-0.05, 0) is 37.8 Å². The highest BCUT2D eigenvalue weighted by atomic mass is 35.5. The highest BCUT2D eigenvalue weighted by molar-refractivity contribution is 6.20. The summed E-state index contributed by atoms with van der Waals surface area (Å²) in [6.07, 6.45) is 5.27. The smallest absolute Gasteiger partial charge is 0.223 e. The molecule has 0 atom stereocenters. The molecule has 1 amide bonds. The van der Waals surface area contributed by atoms with Crippen molar-refractivity contribution in [1.82, 2.24) is 15.5 Å². The van der Waals surface area contributed by atoms with Crippen molar-refractivity contribution >= 4 is 17.5 Å². The number of hydrogen-bond donors (Lipinski definition) is 1. The van der Waals surface area contributed by atoms with Gasteiger partial charge in [-0.25, -0.2) is 0 Å². The van der Waals surface area contributed by atoms with E-state index in [0.29, 0.717) is 6.54 Å². The van der Waals surface area contributed by atoms with Crippen LogP contribution in [-0.4, -0.2) is 21.5 Å². The fraction of sp³-hybridized carbons (Fsp3) is 0.583. The predicted molar refractivity (Wildman–Crippen MR) is 65.5 cm³/mol. The molecule has 1 N–H and O–H groups in total. The minimum Gasteiger partial charge on any atom is -0.350 e. The zero-order valence-corrected chi connectivity index (χ0v) is 10.4. The maximum Gasteiger partial charge on any atom is 0.223 e. The van der Waals surface area contributed by atoms with Crippen molar-refractivity contribution in [3.8, 4) is 0 Å². The van der Waals surface area contributed by atoms with Crippen LogP contribution in [0.3, 0.4) is 0 Å². The third kappa shape index (κ3) is 3.66. The third-order valence-electron chi connectivity index (χ3n) is 3.10. The van der Waals surface area contributed by atoms with Gasteiger partial charge in [-0.1, -0.05) is 0 Å². The second-order valence-electron chi connectivity index (χ2n) is 4.38. The molecule has 92 valence electrons. The standard InChI is InChI=1S/C12H16ClN3O/c13-10-5-3-9(4-6-10)12(17)14-8-11-2-1-7-15-16-11/h1-2,7,9-10H,3-6,8H2,(H,14,17). The molecule has 1 aliphatic rings. The average molecular weight is 254 g/mol. The molecular formula is C12H16ClN3O. The average Bonchev–Trinajstić information content (AvgIpc) is 2.38. The fourth-order valence-corrected chi connectivity index (χ4v) is 2.32. The molecule has 0 aromatic carbocycles. The molecule has 1 aliphatic carbocycles. The summed E-state index contributed by atoms with van der Waals surface area (Å²) in [6, 6.07) is 3.66. The van der Waals surface area contributed by atoms with Gasteiger partial charge in [-0.2, -0.15) is 10.2 Å². The summed E-state index contributed by atoms with van der Waals surface area (Å²) in [5, 5.41) is 10.8. The number of nitrogens with one attached hydrogen (secondary N) is 1. The van der Waals surface area contributed by atoms with Crippen molar-refractivity contribution < 1.29 is 4.79 Å². The Hall–Kier alpha value is -1.16. The lowest BCUT2D eigenvalue weighted by Gasteiger charge is -2.23. The molecule has 1 aromatic rings. The summed E-state index contributed by atoms with van der Waals surface area (Å²) in [4.78, 5) is 11.9. The summed E-state index contributed by atoms with van der Waals surface area (Å²) >= 11 is 6.01. The second-order valence-corrected chi connectivity index (χ2v) is 5.00. The van der Waals surface area contributed by atoms with E-state index in [9.17, 15) is 4.79 Å². The van der Waals surface area contributed by atoms with Crippen LogP contribution in [0.1, 0.15) is 31.4 Å². The highest BCUT2D eigenvalue weighted by Crippen LogP contribution is 2.27. The van der Waals surface area contributed by atoms with Gasteiger partial charge in [-0.15, -0.1) is 11.6 Å². The minimum absolute atomic E-state index is 0.110. The molecule has 0 unspecified atom stereocenters. The van der Waals surface area contributed by atoms with E-state index in [1.165, 1.54) is 0 Å². The molecule has 0 radical (unpaired) electrons. The number of amides is 1. The summed E-state index contributed by atoms with van der Waals surface area (Å²) in [5.74, 6) is 0.223. The van der Waals surface area contributed by atoms with Crippen LogP contribution in [0, 0.1) is 5.92 Å². The lowest BCUT2D eigenvalue weighted by atomic mass is 9.88. The predicted octanol–water partition coefficient (Wildman–Crippen LogP) is 1.89. The molecule has 2 rings (SSSR count). The Balaban J connectivity index is 1.78. The molecule has 17 heavy (non-hydrogen) atoms. The lowest BCUT2D eigenvalue weighted by Crippen LogP contribution is -2.33. The van der Waals surface area contributed by atoms with E-state index in [-0.39, 0.29) is 17.2 Å². The molecule has 0 aliphatic heterocycles. The first-order valence-corrected chi connectivity index (χ1v) is 6.37. The van der Waals surface area contributed by atoms with Crippen LogP contribution in [0.25, 0.3) is 0 Å². The topological polar surface area (TPSA) is 54.9 Å². The largest absolute Gasteiger partial charge is 0.350 e. The minimum atomic E-state index is 0.110. The molecule has 1 aromatic heterocycles. The maximum absolute atomic E-state index is 11.9. The van der Waals surface area contributed by atoms with Gasteiger partial charge in [0.25, 0.3) is 0 Å². The van der Waals surface area contributed by atoms with Crippen LogP contribution in [0.5, 0.6) is 0 Å². The first-order chi connectivity index (χ1) is 8.25. The van der Waals surface area contributed by atoms with E-state index in [4.69, 9.17) is 11.6 Å². The Kier molecular flexibility index (Phi) is 4.31. The van der Waals surface area contributed by atoms with Gasteiger partial charge in [0.2, 0.25) is 5.91 Å². The van der Waals surface area contributed by atoms with Gasteiger partial charge in [0.1, 0.15) is 0 Å². The summed E-state index contributed by atoms with van der Waals surface area (Å²) in [5.41, 5.74) is 0.784. The van der Waals surface area contributed by atoms with E-state index < -0.39 is 0 Å². The van der Waals surface area contributed by atoms with Crippen molar-refractivity contribution in [2.45, 2.75) is 37.6 Å². The number of alkyl halides is 1. The second kappa shape index (κ2) is 5.96. The number of nitrogens with zero attached hydrogens (tertiary/aromatic N) is 2. The lowest BCUT2D eigenvalue weighted by molar-refractivity contribution is -0.126. The molecule has 0 bridgehead atoms. The van der Waals surface area contributed by atoms with E-state index in [0.717, 1.165) is 31.4 Å². The zero-order valence-electron chi connectivity index (χ0n) is 9.60. The first kappa shape index (κ1) is 12.3. The Bertz CT molecular complexity index is 363. The molecule has 4 nitrogen and oxygen atoms in total. The Morgan fingerprint density at radius 1 is 1.41 bits per heavy atom. The molecule has 5 heteroatoms. The van der Waals surface area contributed by atoms with Crippen molar-refractivity contribution in [3.05, 3.63) is 24.0 Å². The Morgan fingerprint density at radius 3 is 2.82 bits per heavy atom. The van der Waals surface area contributed by atoms with Crippen LogP contribution < -0.4 is 5.32 Å². The van der Waals surface area contributed by atoms with Crippen LogP contribution in [0.15, 0.2) is 18.3 Å². The normalized spacial score (nSPS) is 24.3. The van der Waals surface area contributed by atoms with E-state index in [1.807, 2.05) is 12.1 Å². The number of aromatic nitrogens is 2. The van der Waals surface area contributed by atoms with Crippen molar-refractivity contribution in [1.29, 1.82) is 0 Å². The number of carbonyl (C=O) groups excluding carboxylic acids is 1. The zero-order chi connectivity index (χ0) is 12.1. The van der Waals surface area contributed by atoms with E-state index in [1.54, 1.807) is 6.20 Å². The Labute approximate surface area is 106 Å². The van der Waals surface area contributed by atoms with Gasteiger partial charge in [0.05, 0.1) is 12.2 Å². The molecule has 1 fully saturated rings. The van der Waals surface area contributed by atoms with Gasteiger partial charge >= 0.3 is 0 Å². The molecule has 0 saturated heterocycles. The van der Waals surface area contributed by atoms with Crippen molar-refractivity contribution in [2.24, 2.45) is 5.92 Å². The maximum atomic E-state index is 11.9. The monoisotopic (exact) mass is 253 g/mol. The summed E-state index contributed by atoms with van der Waals surface area (Å²) in [6.45, 7) is 0.452. The molecule has 0 spiro atoms. The first-order valence-electron chi connectivity index (χ1n) is 5.94. The molecule has 1 heterocycles. The van der Waals surface area contributed by atoms with Crippen LogP contribution in [0.2, 0.25) is 0 Å². The number of hydrogen-bond acceptors (Lipinski definition) is 3. The van der Waals surface area contributed by atoms with E-state index in [2.05, 4.69) is 15.5 Å². The van der Waals surface area contributed by atoms with Crippen molar-refractivity contribution in [3.63, 3.8) is 0 Å². The van der Waals surface area contributed by atoms with Gasteiger partial charge in [0.15, 0.2) is 0 Å². The number of rotatable bonds is 3. The van der Waals surface area contributed by atoms with Crippen LogP contribution >= 0.6 is 11.6 Å². The van der Waals surface area contributed by atoms with Gasteiger partial charge in [-0.3, -0.25) is 4.79 Å².